The number of carbonyl (C=O) groups excluding carboxylic acids is 5. The number of nitrogens with two attached hydrogens (primary N) is 3. The topological polar surface area (TPSA) is 416 Å². The first-order valence-electron chi connectivity index (χ1n) is 36.4. The van der Waals surface area contributed by atoms with E-state index in [2.05, 4.69) is 45.3 Å². The van der Waals surface area contributed by atoms with E-state index in [1.807, 2.05) is 30.9 Å². The van der Waals surface area contributed by atoms with Crippen LogP contribution in [-0.2, 0) is 96.3 Å². The summed E-state index contributed by atoms with van der Waals surface area (Å²) in [6.07, 6.45) is 6.36. The molecule has 9 rings (SSSR count). The minimum absolute atomic E-state index is 0.00188. The zero-order valence-corrected chi connectivity index (χ0v) is 62.0. The molecule has 2 aliphatic heterocycles. The Hall–Kier alpha value is -8.89. The smallest absolute Gasteiger partial charge is 0.276 e. The number of piperidine rings is 1. The third-order valence-electron chi connectivity index (χ3n) is 17.6. The Morgan fingerprint density at radius 3 is 1.39 bits per heavy atom. The second kappa shape index (κ2) is 43.8. The van der Waals surface area contributed by atoms with Gasteiger partial charge in [0.25, 0.3) is 11.8 Å². The largest absolute Gasteiger partial charge is 0.494 e. The lowest BCUT2D eigenvalue weighted by Crippen LogP contribution is -2.40. The Morgan fingerprint density at radius 2 is 0.963 bits per heavy atom. The summed E-state index contributed by atoms with van der Waals surface area (Å²) in [7, 11) is 1.46. The number of methoxy groups -OCH3 is 1. The van der Waals surface area contributed by atoms with Crippen LogP contribution in [0, 0.1) is 13.8 Å². The van der Waals surface area contributed by atoms with Crippen molar-refractivity contribution >= 4 is 63.5 Å². The van der Waals surface area contributed by atoms with Gasteiger partial charge in [-0.2, -0.15) is 10.2 Å². The van der Waals surface area contributed by atoms with Gasteiger partial charge in [-0.25, -0.2) is 15.9 Å². The van der Waals surface area contributed by atoms with E-state index >= 15 is 0 Å². The fraction of sp³-hybridized carbons (Fsp3) is 0.592. The number of allylic oxidation sites excluding steroid dienone is 2. The van der Waals surface area contributed by atoms with Crippen molar-refractivity contribution in [2.75, 3.05) is 189 Å². The number of aromatic nitrogens is 11. The number of fused-ring (bicyclic) bond motifs is 3. The second-order valence-electron chi connectivity index (χ2n) is 25.1. The zero-order chi connectivity index (χ0) is 75.7. The third-order valence-corrected chi connectivity index (χ3v) is 17.6. The maximum absolute atomic E-state index is 14.1. The number of primary amides is 2. The molecule has 0 atom stereocenters. The molecule has 2 aromatic carbocycles. The van der Waals surface area contributed by atoms with Crippen LogP contribution in [0.2, 0.25) is 0 Å². The molecule has 5 aromatic heterocycles. The average Bonchev–Trinajstić information content (AvgIpc) is 1.64. The number of anilines is 2. The van der Waals surface area contributed by atoms with Gasteiger partial charge in [0.15, 0.2) is 5.82 Å². The van der Waals surface area contributed by atoms with Gasteiger partial charge in [0.05, 0.1) is 188 Å². The van der Waals surface area contributed by atoms with Gasteiger partial charge < -0.3 is 96.6 Å². The molecule has 0 radical (unpaired) electrons. The molecule has 8 N–H and O–H groups in total. The highest BCUT2D eigenvalue weighted by molar-refractivity contribution is 6.05. The van der Waals surface area contributed by atoms with Crippen molar-refractivity contribution in [3.05, 3.63) is 94.1 Å². The second-order valence-corrected chi connectivity index (χ2v) is 25.1. The van der Waals surface area contributed by atoms with Crippen molar-refractivity contribution in [1.29, 1.82) is 0 Å². The van der Waals surface area contributed by atoms with E-state index in [1.54, 1.807) is 56.6 Å². The molecule has 36 heteroatoms. The van der Waals surface area contributed by atoms with Gasteiger partial charge in [-0.15, -0.1) is 10.2 Å². The molecule has 2 aliphatic rings. The molecule has 0 spiro atoms. The number of amides is 5. The number of aryl methyl sites for hydroxylation is 4. The van der Waals surface area contributed by atoms with Crippen LogP contribution in [0.25, 0.3) is 22.1 Å². The standard InChI is InChI=1S/C71H104N18O18/c1-6-88-57(43-50(3)81-88)68(93)77-70-75-55-45-53(65(72)91)47-59(95-5)63(55)86(70)15-8-9-16-87-64-56(76-71(87)78-69(94)58-44-51(4)82-89(58)7-2)46-54(66(73)92)48-60(64)106-21-10-14-83-17-11-52(12-18-83)67-80-79-61-49-84(19-20-85(61)67)62(90)13-22-96-23-24-97-25-26-98-27-28-99-29-30-100-31-32-101-33-34-102-35-36-103-37-38-104-39-40-105-41-42-107-74/h8-9,43-48,52H,6-7,10-42,49,74H2,1-5H3,(H2,72,91)(H2,73,92)(H,75,77,93)(H,76,78,94)/b9-8+. The first-order chi connectivity index (χ1) is 52.2. The summed E-state index contributed by atoms with van der Waals surface area (Å²) < 4.78 is 76.4. The Kier molecular flexibility index (Phi) is 33.6. The number of hydrogen-bond acceptors (Lipinski definition) is 26. The molecule has 1 saturated heterocycles. The Balaban J connectivity index is 0.674. The lowest BCUT2D eigenvalue weighted by Gasteiger charge is -2.33. The van der Waals surface area contributed by atoms with Gasteiger partial charge in [0, 0.05) is 62.9 Å². The quantitative estimate of drug-likeness (QED) is 0.0207. The highest BCUT2D eigenvalue weighted by atomic mass is 16.6. The van der Waals surface area contributed by atoms with Crippen molar-refractivity contribution in [1.82, 2.24) is 63.2 Å². The zero-order valence-electron chi connectivity index (χ0n) is 62.0. The van der Waals surface area contributed by atoms with Crippen LogP contribution >= 0.6 is 0 Å². The molecule has 586 valence electrons. The number of benzene rings is 2. The highest BCUT2D eigenvalue weighted by Crippen LogP contribution is 2.34. The van der Waals surface area contributed by atoms with Crippen LogP contribution in [0.5, 0.6) is 11.5 Å². The van der Waals surface area contributed by atoms with E-state index in [-0.39, 0.29) is 67.6 Å². The van der Waals surface area contributed by atoms with E-state index in [9.17, 15) is 24.0 Å². The molecule has 1 fully saturated rings. The van der Waals surface area contributed by atoms with Gasteiger partial charge in [0.2, 0.25) is 29.6 Å². The first kappa shape index (κ1) is 82.2. The number of ether oxygens (including phenoxy) is 12. The van der Waals surface area contributed by atoms with Gasteiger partial charge >= 0.3 is 0 Å². The van der Waals surface area contributed by atoms with E-state index in [1.165, 1.54) is 19.2 Å². The van der Waals surface area contributed by atoms with Crippen LogP contribution in [0.15, 0.2) is 48.6 Å². The maximum Gasteiger partial charge on any atom is 0.276 e. The number of carbonyl (C=O) groups is 5. The van der Waals surface area contributed by atoms with Crippen molar-refractivity contribution in [2.45, 2.75) is 98.6 Å². The maximum atomic E-state index is 14.1. The van der Waals surface area contributed by atoms with E-state index in [0.29, 0.717) is 228 Å². The predicted octanol–water partition coefficient (Wildman–Crippen LogP) is 3.43. The molecule has 107 heavy (non-hydrogen) atoms. The fourth-order valence-corrected chi connectivity index (χ4v) is 12.3. The van der Waals surface area contributed by atoms with Crippen molar-refractivity contribution in [3.8, 4) is 11.5 Å². The highest BCUT2D eigenvalue weighted by Gasteiger charge is 2.31. The Morgan fingerprint density at radius 1 is 0.533 bits per heavy atom. The minimum Gasteiger partial charge on any atom is -0.494 e. The number of nitrogens with one attached hydrogen (secondary N) is 2. The molecule has 0 unspecified atom stereocenters. The van der Waals surface area contributed by atoms with E-state index in [0.717, 1.165) is 44.1 Å². The first-order valence-corrected chi connectivity index (χ1v) is 36.4. The number of rotatable bonds is 52. The van der Waals surface area contributed by atoms with Crippen LogP contribution in [-0.4, -0.2) is 271 Å². The predicted molar refractivity (Wildman–Crippen MR) is 390 cm³/mol. The number of hydrogen-bond donors (Lipinski definition) is 5. The summed E-state index contributed by atoms with van der Waals surface area (Å²) in [5, 5.41) is 24.0. The lowest BCUT2D eigenvalue weighted by molar-refractivity contribution is -0.134. The summed E-state index contributed by atoms with van der Waals surface area (Å²) >= 11 is 0. The van der Waals surface area contributed by atoms with Crippen molar-refractivity contribution in [3.63, 3.8) is 0 Å². The van der Waals surface area contributed by atoms with E-state index < -0.39 is 23.6 Å². The molecular formula is C71H104N18O18. The lowest BCUT2D eigenvalue weighted by atomic mass is 9.95. The summed E-state index contributed by atoms with van der Waals surface area (Å²) in [6.45, 7) is 22.0. The van der Waals surface area contributed by atoms with Crippen molar-refractivity contribution < 1.29 is 85.7 Å². The number of nitrogens with zero attached hydrogens (tertiary/aromatic N) is 13. The molecule has 36 nitrogen and oxygen atoms in total. The SMILES string of the molecule is CCn1nc(C)cc1C(=O)Nc1nc2cc(C(N)=O)cc(OC)c2n1C/C=C/Cn1c(NC(=O)c2cc(C)nn2CC)nc2cc(C(N)=O)cc(OCCCN3CCC(c4nnc5n4CCN(C(=O)CCOCCOCCOCCOCCOCCOCCOCCOCCOCCOCCON)C5)CC3)c21. The van der Waals surface area contributed by atoms with E-state index in [4.69, 9.17) is 84.2 Å². The van der Waals surface area contributed by atoms with Gasteiger partial charge in [0.1, 0.15) is 39.7 Å². The summed E-state index contributed by atoms with van der Waals surface area (Å²) in [4.78, 5) is 84.8. The monoisotopic (exact) mass is 1500 g/mol. The summed E-state index contributed by atoms with van der Waals surface area (Å²) in [5.74, 6) is 5.55. The van der Waals surface area contributed by atoms with Gasteiger partial charge in [-0.3, -0.25) is 44.0 Å². The summed E-state index contributed by atoms with van der Waals surface area (Å²) in [6, 6.07) is 9.59. The molecule has 5 amide bonds. The molecule has 7 heterocycles. The van der Waals surface area contributed by atoms with Crippen molar-refractivity contribution in [2.24, 2.45) is 17.4 Å². The fourth-order valence-electron chi connectivity index (χ4n) is 12.3. The Bertz CT molecular complexity index is 3990. The average molecular weight is 1500 g/mol. The third kappa shape index (κ3) is 24.6. The Labute approximate surface area is 620 Å². The molecule has 0 saturated carbocycles. The normalized spacial score (nSPS) is 13.6. The molecular weight excluding hydrogens is 1390 g/mol. The van der Waals surface area contributed by atoms with Crippen LogP contribution < -0.4 is 37.5 Å². The number of imidazole rings is 2. The van der Waals surface area contributed by atoms with Gasteiger partial charge in [-0.05, 0) is 96.4 Å². The molecule has 0 aliphatic carbocycles. The number of likely N-dealkylation sites (tertiary alicyclic amines) is 1. The van der Waals surface area contributed by atoms with Crippen LogP contribution in [0.3, 0.4) is 0 Å². The molecule has 0 bridgehead atoms. The van der Waals surface area contributed by atoms with Crippen LogP contribution in [0.1, 0.15) is 110 Å². The van der Waals surface area contributed by atoms with Gasteiger partial charge in [-0.1, -0.05) is 12.2 Å². The molecule has 7 aromatic rings. The summed E-state index contributed by atoms with van der Waals surface area (Å²) in [5.41, 5.74) is 15.6. The minimum atomic E-state index is -0.687. The van der Waals surface area contributed by atoms with Crippen LogP contribution in [0.4, 0.5) is 11.9 Å².